The van der Waals surface area contributed by atoms with Crippen LogP contribution in [0.25, 0.3) is 21.9 Å². The molecule has 22 heavy (non-hydrogen) atoms. The number of para-hydroxylation sites is 1. The number of benzene rings is 1. The van der Waals surface area contributed by atoms with Crippen molar-refractivity contribution < 1.29 is 0 Å². The molecule has 0 radical (unpaired) electrons. The quantitative estimate of drug-likeness (QED) is 0.568. The van der Waals surface area contributed by atoms with Gasteiger partial charge in [-0.2, -0.15) is 0 Å². The van der Waals surface area contributed by atoms with Crippen molar-refractivity contribution in [3.8, 4) is 0 Å². The number of pyridine rings is 2. The molecule has 3 aromatic heterocycles. The lowest BCUT2D eigenvalue weighted by Gasteiger charge is -2.08. The van der Waals surface area contributed by atoms with Crippen LogP contribution in [0.15, 0.2) is 66.0 Å². The topological polar surface area (TPSA) is 60.7 Å². The molecule has 4 rings (SSSR count). The highest BCUT2D eigenvalue weighted by atomic mass is 16.1. The van der Waals surface area contributed by atoms with Gasteiger partial charge in [-0.3, -0.25) is 14.3 Å². The summed E-state index contributed by atoms with van der Waals surface area (Å²) < 4.78 is 1.59. The molecule has 0 spiro atoms. The molecule has 0 aliphatic heterocycles. The summed E-state index contributed by atoms with van der Waals surface area (Å²) in [4.78, 5) is 25.3. The maximum absolute atomic E-state index is 12.5. The Labute approximate surface area is 125 Å². The molecule has 0 saturated carbocycles. The van der Waals surface area contributed by atoms with E-state index in [4.69, 9.17) is 0 Å². The molecule has 4 aromatic rings. The van der Waals surface area contributed by atoms with Gasteiger partial charge >= 0.3 is 0 Å². The summed E-state index contributed by atoms with van der Waals surface area (Å²) in [5, 5.41) is 1.58. The first-order valence-electron chi connectivity index (χ1n) is 6.96. The fraction of sp³-hybridized carbons (Fsp3) is 0.0588. The normalized spacial score (nSPS) is 11.1. The molecular weight excluding hydrogens is 276 g/mol. The third kappa shape index (κ3) is 2.03. The lowest BCUT2D eigenvalue weighted by Crippen LogP contribution is -2.21. The van der Waals surface area contributed by atoms with Gasteiger partial charge in [-0.25, -0.2) is 9.97 Å². The average Bonchev–Trinajstić information content (AvgIpc) is 2.58. The van der Waals surface area contributed by atoms with E-state index < -0.39 is 0 Å². The summed E-state index contributed by atoms with van der Waals surface area (Å²) >= 11 is 0. The first kappa shape index (κ1) is 12.6. The van der Waals surface area contributed by atoms with Crippen LogP contribution in [-0.2, 0) is 6.54 Å². The number of aromatic nitrogens is 4. The second-order valence-corrected chi connectivity index (χ2v) is 5.04. The predicted octanol–water partition coefficient (Wildman–Crippen LogP) is 2.39. The van der Waals surface area contributed by atoms with Crippen molar-refractivity contribution in [2.75, 3.05) is 0 Å². The van der Waals surface area contributed by atoms with Gasteiger partial charge in [0.15, 0.2) is 5.65 Å². The second kappa shape index (κ2) is 5.04. The van der Waals surface area contributed by atoms with Crippen molar-refractivity contribution in [1.82, 2.24) is 19.5 Å². The first-order chi connectivity index (χ1) is 10.8. The van der Waals surface area contributed by atoms with Crippen molar-refractivity contribution in [2.45, 2.75) is 6.54 Å². The Kier molecular flexibility index (Phi) is 2.89. The molecule has 5 nitrogen and oxygen atoms in total. The van der Waals surface area contributed by atoms with Crippen LogP contribution in [0.4, 0.5) is 0 Å². The minimum absolute atomic E-state index is 0.0916. The molecule has 0 saturated heterocycles. The summed E-state index contributed by atoms with van der Waals surface area (Å²) in [7, 11) is 0. The molecule has 0 fully saturated rings. The van der Waals surface area contributed by atoms with Crippen LogP contribution in [0.1, 0.15) is 5.56 Å². The highest BCUT2D eigenvalue weighted by molar-refractivity contribution is 5.81. The van der Waals surface area contributed by atoms with Gasteiger partial charge in [-0.15, -0.1) is 0 Å². The molecule has 0 unspecified atom stereocenters. The van der Waals surface area contributed by atoms with Gasteiger partial charge in [0.2, 0.25) is 0 Å². The summed E-state index contributed by atoms with van der Waals surface area (Å²) in [6, 6.07) is 13.4. The lowest BCUT2D eigenvalue weighted by molar-refractivity contribution is 0.749. The summed E-state index contributed by atoms with van der Waals surface area (Å²) in [6.07, 6.45) is 4.93. The van der Waals surface area contributed by atoms with Crippen LogP contribution in [0.3, 0.4) is 0 Å². The van der Waals surface area contributed by atoms with Crippen LogP contribution in [0, 0.1) is 0 Å². The van der Waals surface area contributed by atoms with Crippen molar-refractivity contribution in [1.29, 1.82) is 0 Å². The van der Waals surface area contributed by atoms with E-state index in [1.54, 1.807) is 35.4 Å². The van der Waals surface area contributed by atoms with Crippen molar-refractivity contribution in [3.63, 3.8) is 0 Å². The maximum Gasteiger partial charge on any atom is 0.263 e. The average molecular weight is 288 g/mol. The third-order valence-corrected chi connectivity index (χ3v) is 3.65. The van der Waals surface area contributed by atoms with E-state index in [0.29, 0.717) is 17.6 Å². The fourth-order valence-corrected chi connectivity index (χ4v) is 2.59. The zero-order valence-electron chi connectivity index (χ0n) is 11.7. The number of nitrogens with zero attached hydrogens (tertiary/aromatic N) is 4. The number of hydrogen-bond donors (Lipinski definition) is 0. The number of rotatable bonds is 2. The van der Waals surface area contributed by atoms with E-state index in [1.165, 1.54) is 0 Å². The Balaban J connectivity index is 1.86. The Morgan fingerprint density at radius 2 is 1.73 bits per heavy atom. The number of hydrogen-bond acceptors (Lipinski definition) is 4. The zero-order chi connectivity index (χ0) is 14.9. The Hall–Kier alpha value is -3.08. The van der Waals surface area contributed by atoms with E-state index >= 15 is 0 Å². The lowest BCUT2D eigenvalue weighted by atomic mass is 10.1. The van der Waals surface area contributed by atoms with Crippen molar-refractivity contribution in [3.05, 3.63) is 77.1 Å². The van der Waals surface area contributed by atoms with Crippen LogP contribution >= 0.6 is 0 Å². The van der Waals surface area contributed by atoms with Crippen LogP contribution in [0.2, 0.25) is 0 Å². The molecule has 0 aliphatic rings. The molecule has 0 bridgehead atoms. The first-order valence-corrected chi connectivity index (χ1v) is 6.96. The highest BCUT2D eigenvalue weighted by Crippen LogP contribution is 2.16. The molecule has 0 amide bonds. The van der Waals surface area contributed by atoms with Crippen molar-refractivity contribution in [2.24, 2.45) is 0 Å². The monoisotopic (exact) mass is 288 g/mol. The molecule has 5 heteroatoms. The van der Waals surface area contributed by atoms with Gasteiger partial charge in [-0.1, -0.05) is 24.3 Å². The largest absolute Gasteiger partial charge is 0.294 e. The smallest absolute Gasteiger partial charge is 0.263 e. The molecule has 3 heterocycles. The van der Waals surface area contributed by atoms with Gasteiger partial charge in [-0.05, 0) is 23.8 Å². The van der Waals surface area contributed by atoms with E-state index in [0.717, 1.165) is 16.5 Å². The van der Waals surface area contributed by atoms with Gasteiger partial charge in [0.25, 0.3) is 5.56 Å². The Bertz CT molecular complexity index is 1030. The fourth-order valence-electron chi connectivity index (χ4n) is 2.59. The van der Waals surface area contributed by atoms with Crippen molar-refractivity contribution >= 4 is 21.9 Å². The van der Waals surface area contributed by atoms with Crippen LogP contribution in [0.5, 0.6) is 0 Å². The second-order valence-electron chi connectivity index (χ2n) is 5.04. The maximum atomic E-state index is 12.5. The summed E-state index contributed by atoms with van der Waals surface area (Å²) in [6.45, 7) is 0.436. The molecule has 106 valence electrons. The van der Waals surface area contributed by atoms with E-state index in [9.17, 15) is 4.79 Å². The Morgan fingerprint density at radius 3 is 2.68 bits per heavy atom. The molecule has 1 aromatic carbocycles. The Morgan fingerprint density at radius 1 is 0.909 bits per heavy atom. The third-order valence-electron chi connectivity index (χ3n) is 3.65. The SMILES string of the molecule is O=c1c2cccnc2ncn1Cc1cccc2cccnc12. The minimum Gasteiger partial charge on any atom is -0.294 e. The summed E-state index contributed by atoms with van der Waals surface area (Å²) in [5.41, 5.74) is 2.28. The molecule has 0 atom stereocenters. The van der Waals surface area contributed by atoms with Gasteiger partial charge < -0.3 is 0 Å². The molecular formula is C17H12N4O. The predicted molar refractivity (Wildman–Crippen MR) is 84.6 cm³/mol. The van der Waals surface area contributed by atoms with Gasteiger partial charge in [0.05, 0.1) is 17.4 Å². The zero-order valence-corrected chi connectivity index (χ0v) is 11.7. The highest BCUT2D eigenvalue weighted by Gasteiger charge is 2.07. The standard InChI is InChI=1S/C17H12N4O/c22-17-14-7-3-9-19-16(14)20-11-21(17)10-13-5-1-4-12-6-2-8-18-15(12)13/h1-9,11H,10H2. The van der Waals surface area contributed by atoms with Crippen LogP contribution < -0.4 is 5.56 Å². The van der Waals surface area contributed by atoms with E-state index in [-0.39, 0.29) is 5.56 Å². The van der Waals surface area contributed by atoms with E-state index in [1.807, 2.05) is 30.3 Å². The van der Waals surface area contributed by atoms with E-state index in [2.05, 4.69) is 15.0 Å². The summed E-state index contributed by atoms with van der Waals surface area (Å²) in [5.74, 6) is 0. The van der Waals surface area contributed by atoms with Crippen LogP contribution in [-0.4, -0.2) is 19.5 Å². The molecule has 0 N–H and O–H groups in total. The van der Waals surface area contributed by atoms with Gasteiger partial charge in [0.1, 0.15) is 6.33 Å². The van der Waals surface area contributed by atoms with Gasteiger partial charge in [0, 0.05) is 17.8 Å². The number of fused-ring (bicyclic) bond motifs is 2. The molecule has 0 aliphatic carbocycles. The minimum atomic E-state index is -0.0916.